The maximum atomic E-state index is 11.7. The van der Waals surface area contributed by atoms with Crippen LogP contribution in [0.5, 0.6) is 0 Å². The van der Waals surface area contributed by atoms with E-state index < -0.39 is 23.7 Å². The van der Waals surface area contributed by atoms with Gasteiger partial charge in [-0.1, -0.05) is 0 Å². The highest BCUT2D eigenvalue weighted by atomic mass is 32.2. The maximum absolute atomic E-state index is 11.7. The van der Waals surface area contributed by atoms with Crippen molar-refractivity contribution in [3.63, 3.8) is 0 Å². The van der Waals surface area contributed by atoms with Crippen molar-refractivity contribution in [3.05, 3.63) is 23.8 Å². The van der Waals surface area contributed by atoms with Crippen LogP contribution in [0, 0.1) is 11.3 Å². The number of carbonyl (C=O) groups excluding carboxylic acids is 1. The summed E-state index contributed by atoms with van der Waals surface area (Å²) >= 11 is 1.18. The number of carboxylic acids is 1. The molecule has 0 unspecified atom stereocenters. The second-order valence-electron chi connectivity index (χ2n) is 5.71. The number of amides is 1. The molecule has 1 rings (SSSR count). The fourth-order valence-corrected chi connectivity index (χ4v) is 2.51. The second kappa shape index (κ2) is 7.74. The van der Waals surface area contributed by atoms with Gasteiger partial charge in [-0.05, 0) is 39.0 Å². The number of carboxylic acid groups (broad SMARTS) is 1. The number of alkyl carbamates (subject to hydrolysis) is 1. The molecule has 0 radical (unpaired) electrons. The van der Waals surface area contributed by atoms with Crippen LogP contribution in [0.3, 0.4) is 0 Å². The SMILES string of the molecule is CC(C)(C)OC(=O)N[C@@H](CSc1ccc(C#N)cc1N)C(=O)O. The number of hydrogen-bond acceptors (Lipinski definition) is 6. The van der Waals surface area contributed by atoms with Crippen LogP contribution in [0.15, 0.2) is 23.1 Å². The summed E-state index contributed by atoms with van der Waals surface area (Å²) in [5, 5.41) is 20.3. The number of anilines is 1. The Morgan fingerprint density at radius 2 is 2.13 bits per heavy atom. The Morgan fingerprint density at radius 3 is 2.61 bits per heavy atom. The number of hydrogen-bond donors (Lipinski definition) is 3. The Morgan fingerprint density at radius 1 is 1.48 bits per heavy atom. The summed E-state index contributed by atoms with van der Waals surface area (Å²) in [5.74, 6) is -1.10. The number of nitrogens with two attached hydrogens (primary N) is 1. The molecule has 0 bridgehead atoms. The number of benzene rings is 1. The molecule has 1 amide bonds. The molecular formula is C15H19N3O4S. The summed E-state index contributed by atoms with van der Waals surface area (Å²) in [4.78, 5) is 23.6. The summed E-state index contributed by atoms with van der Waals surface area (Å²) in [6.07, 6.45) is -0.793. The number of rotatable bonds is 5. The van der Waals surface area contributed by atoms with Crippen LogP contribution in [0.1, 0.15) is 26.3 Å². The minimum atomic E-state index is -1.17. The van der Waals surface area contributed by atoms with E-state index in [0.717, 1.165) is 0 Å². The van der Waals surface area contributed by atoms with Gasteiger partial charge in [0.1, 0.15) is 11.6 Å². The predicted molar refractivity (Wildman–Crippen MR) is 87.1 cm³/mol. The average molecular weight is 337 g/mol. The van der Waals surface area contributed by atoms with Gasteiger partial charge >= 0.3 is 12.1 Å². The highest BCUT2D eigenvalue weighted by molar-refractivity contribution is 7.99. The number of nitriles is 1. The molecule has 124 valence electrons. The van der Waals surface area contributed by atoms with Crippen LogP contribution in [0.2, 0.25) is 0 Å². The lowest BCUT2D eigenvalue weighted by molar-refractivity contribution is -0.138. The molecule has 4 N–H and O–H groups in total. The summed E-state index contributed by atoms with van der Waals surface area (Å²) < 4.78 is 5.04. The zero-order valence-electron chi connectivity index (χ0n) is 13.1. The van der Waals surface area contributed by atoms with Crippen LogP contribution in [0.4, 0.5) is 10.5 Å². The molecule has 1 aromatic rings. The second-order valence-corrected chi connectivity index (χ2v) is 6.77. The van der Waals surface area contributed by atoms with Crippen molar-refractivity contribution in [2.24, 2.45) is 0 Å². The maximum Gasteiger partial charge on any atom is 0.408 e. The lowest BCUT2D eigenvalue weighted by atomic mass is 10.2. The third kappa shape index (κ3) is 6.48. The standard InChI is InChI=1S/C15H19N3O4S/c1-15(2,3)22-14(21)18-11(13(19)20)8-23-12-5-4-9(7-16)6-10(12)17/h4-6,11H,8,17H2,1-3H3,(H,18,21)(H,19,20)/t11-/m0/s1. The summed E-state index contributed by atoms with van der Waals surface area (Å²) in [5.41, 5.74) is 5.91. The van der Waals surface area contributed by atoms with Gasteiger partial charge in [0.05, 0.1) is 11.6 Å². The van der Waals surface area contributed by atoms with Crippen molar-refractivity contribution in [2.45, 2.75) is 37.3 Å². The van der Waals surface area contributed by atoms with Crippen molar-refractivity contribution in [1.29, 1.82) is 5.26 Å². The Labute approximate surface area is 138 Å². The van der Waals surface area contributed by atoms with Crippen LogP contribution in [-0.4, -0.2) is 34.6 Å². The first-order valence-electron chi connectivity index (χ1n) is 6.77. The number of ether oxygens (including phenoxy) is 1. The molecule has 0 heterocycles. The summed E-state index contributed by atoms with van der Waals surface area (Å²) in [6, 6.07) is 5.60. The smallest absolute Gasteiger partial charge is 0.408 e. The van der Waals surface area contributed by atoms with Gasteiger partial charge in [-0.15, -0.1) is 11.8 Å². The first kappa shape index (κ1) is 18.6. The first-order valence-corrected chi connectivity index (χ1v) is 7.75. The van der Waals surface area contributed by atoms with Crippen LogP contribution >= 0.6 is 11.8 Å². The van der Waals surface area contributed by atoms with Crippen LogP contribution in [0.25, 0.3) is 0 Å². The minimum Gasteiger partial charge on any atom is -0.480 e. The Balaban J connectivity index is 2.69. The molecule has 0 spiro atoms. The largest absolute Gasteiger partial charge is 0.480 e. The van der Waals surface area contributed by atoms with E-state index in [1.807, 2.05) is 6.07 Å². The number of carbonyl (C=O) groups is 2. The van der Waals surface area contributed by atoms with E-state index >= 15 is 0 Å². The monoisotopic (exact) mass is 337 g/mol. The molecular weight excluding hydrogens is 318 g/mol. The van der Waals surface area contributed by atoms with E-state index in [-0.39, 0.29) is 5.75 Å². The zero-order chi connectivity index (χ0) is 17.6. The van der Waals surface area contributed by atoms with Gasteiger partial charge in [0.15, 0.2) is 0 Å². The molecule has 23 heavy (non-hydrogen) atoms. The molecule has 7 nitrogen and oxygen atoms in total. The molecule has 0 aliphatic heterocycles. The predicted octanol–water partition coefficient (Wildman–Crippen LogP) is 2.21. The average Bonchev–Trinajstić information content (AvgIpc) is 2.42. The van der Waals surface area contributed by atoms with Crippen molar-refractivity contribution < 1.29 is 19.4 Å². The number of nitrogen functional groups attached to an aromatic ring is 1. The van der Waals surface area contributed by atoms with E-state index in [4.69, 9.17) is 15.7 Å². The number of nitrogens with one attached hydrogen (secondary N) is 1. The highest BCUT2D eigenvalue weighted by Gasteiger charge is 2.24. The molecule has 0 aliphatic rings. The van der Waals surface area contributed by atoms with Gasteiger partial charge in [-0.2, -0.15) is 5.26 Å². The molecule has 0 fully saturated rings. The fourth-order valence-electron chi connectivity index (χ4n) is 1.55. The third-order valence-electron chi connectivity index (χ3n) is 2.53. The molecule has 1 aromatic carbocycles. The number of thioether (sulfide) groups is 1. The van der Waals surface area contributed by atoms with E-state index in [2.05, 4.69) is 5.32 Å². The van der Waals surface area contributed by atoms with E-state index in [9.17, 15) is 14.7 Å². The number of aliphatic carboxylic acids is 1. The van der Waals surface area contributed by atoms with Gasteiger partial charge in [-0.25, -0.2) is 9.59 Å². The van der Waals surface area contributed by atoms with Crippen molar-refractivity contribution in [3.8, 4) is 6.07 Å². The molecule has 0 saturated carbocycles. The third-order valence-corrected chi connectivity index (χ3v) is 3.72. The van der Waals surface area contributed by atoms with Gasteiger partial charge in [0, 0.05) is 16.3 Å². The van der Waals surface area contributed by atoms with Gasteiger partial charge in [0.25, 0.3) is 0 Å². The summed E-state index contributed by atoms with van der Waals surface area (Å²) in [7, 11) is 0. The number of nitrogens with zero attached hydrogens (tertiary/aromatic N) is 1. The minimum absolute atomic E-state index is 0.0741. The molecule has 0 aliphatic carbocycles. The van der Waals surface area contributed by atoms with Crippen molar-refractivity contribution in [2.75, 3.05) is 11.5 Å². The van der Waals surface area contributed by atoms with E-state index in [1.54, 1.807) is 32.9 Å². The lowest BCUT2D eigenvalue weighted by Gasteiger charge is -2.22. The summed E-state index contributed by atoms with van der Waals surface area (Å²) in [6.45, 7) is 5.07. The Kier molecular flexibility index (Phi) is 6.28. The first-order chi connectivity index (χ1) is 10.6. The van der Waals surface area contributed by atoms with Crippen molar-refractivity contribution >= 4 is 29.5 Å². The Bertz CT molecular complexity index is 635. The van der Waals surface area contributed by atoms with Gasteiger partial charge in [-0.3, -0.25) is 0 Å². The molecule has 0 saturated heterocycles. The Hall–Kier alpha value is -2.40. The molecule has 8 heteroatoms. The van der Waals surface area contributed by atoms with Crippen molar-refractivity contribution in [1.82, 2.24) is 5.32 Å². The van der Waals surface area contributed by atoms with Crippen LogP contribution < -0.4 is 11.1 Å². The zero-order valence-corrected chi connectivity index (χ0v) is 13.9. The normalized spacial score (nSPS) is 12.1. The van der Waals surface area contributed by atoms with E-state index in [1.165, 1.54) is 17.8 Å². The molecule has 1 atom stereocenters. The van der Waals surface area contributed by atoms with Gasteiger partial charge in [0.2, 0.25) is 0 Å². The fraction of sp³-hybridized carbons (Fsp3) is 0.400. The quantitative estimate of drug-likeness (QED) is 0.555. The van der Waals surface area contributed by atoms with Gasteiger partial charge < -0.3 is 20.9 Å². The lowest BCUT2D eigenvalue weighted by Crippen LogP contribution is -2.44. The molecule has 0 aromatic heterocycles. The van der Waals surface area contributed by atoms with Crippen LogP contribution in [-0.2, 0) is 9.53 Å². The van der Waals surface area contributed by atoms with E-state index in [0.29, 0.717) is 16.1 Å². The highest BCUT2D eigenvalue weighted by Crippen LogP contribution is 2.26. The topological polar surface area (TPSA) is 125 Å².